The van der Waals surface area contributed by atoms with Crippen molar-refractivity contribution in [3.8, 4) is 5.75 Å². The summed E-state index contributed by atoms with van der Waals surface area (Å²) in [5, 5.41) is 11.7. The highest BCUT2D eigenvalue weighted by molar-refractivity contribution is 6.12. The summed E-state index contributed by atoms with van der Waals surface area (Å²) in [6.07, 6.45) is 0.572. The van der Waals surface area contributed by atoms with Crippen LogP contribution in [0.15, 0.2) is 76.9 Å². The Hall–Kier alpha value is -3.83. The van der Waals surface area contributed by atoms with Crippen LogP contribution in [-0.2, 0) is 4.79 Å². The van der Waals surface area contributed by atoms with Gasteiger partial charge in [0.05, 0.1) is 18.9 Å². The number of ether oxygens (including phenoxy) is 1. The molecular weight excluding hydrogens is 366 g/mol. The van der Waals surface area contributed by atoms with Gasteiger partial charge in [-0.2, -0.15) is 5.10 Å². The summed E-state index contributed by atoms with van der Waals surface area (Å²) in [5.74, 6) is 0.410. The fourth-order valence-electron chi connectivity index (χ4n) is 3.63. The second kappa shape index (κ2) is 8.04. The molecule has 1 heterocycles. The minimum absolute atomic E-state index is 0.267. The van der Waals surface area contributed by atoms with E-state index >= 15 is 0 Å². The number of azide groups is 1. The van der Waals surface area contributed by atoms with E-state index in [2.05, 4.69) is 33.3 Å². The molecule has 0 spiro atoms. The minimum atomic E-state index is -0.334. The van der Waals surface area contributed by atoms with Crippen LogP contribution in [0.3, 0.4) is 0 Å². The molecule has 0 saturated carbocycles. The average molecular weight is 385 g/mol. The van der Waals surface area contributed by atoms with Gasteiger partial charge in [-0.25, -0.2) is 5.01 Å². The Morgan fingerprint density at radius 1 is 1.17 bits per heavy atom. The molecule has 0 N–H and O–H groups in total. The molecule has 7 heteroatoms. The number of rotatable bonds is 5. The zero-order chi connectivity index (χ0) is 20.2. The summed E-state index contributed by atoms with van der Waals surface area (Å²) in [6, 6.07) is 21.5. The van der Waals surface area contributed by atoms with Crippen molar-refractivity contribution in [2.75, 3.05) is 13.7 Å². The lowest BCUT2D eigenvalue weighted by molar-refractivity contribution is -0.131. The molecule has 0 bridgehead atoms. The van der Waals surface area contributed by atoms with Crippen molar-refractivity contribution in [3.05, 3.63) is 88.3 Å². The van der Waals surface area contributed by atoms with E-state index in [9.17, 15) is 4.79 Å². The van der Waals surface area contributed by atoms with Gasteiger partial charge in [-0.1, -0.05) is 59.7 Å². The summed E-state index contributed by atoms with van der Waals surface area (Å²) >= 11 is 0. The number of benzene rings is 3. The quantitative estimate of drug-likeness (QED) is 0.357. The van der Waals surface area contributed by atoms with Crippen LogP contribution >= 0.6 is 0 Å². The van der Waals surface area contributed by atoms with Crippen LogP contribution in [0.5, 0.6) is 5.75 Å². The van der Waals surface area contributed by atoms with Crippen molar-refractivity contribution >= 4 is 22.4 Å². The molecule has 1 amide bonds. The molecule has 1 atom stereocenters. The maximum atomic E-state index is 12.7. The van der Waals surface area contributed by atoms with Crippen LogP contribution in [-0.4, -0.2) is 30.3 Å². The standard InChI is InChI=1S/C22H19N5O2/c1-29-17-11-9-16(10-12-17)21-13-20(25-27(21)22(28)14-24-26-23)19-8-4-6-15-5-2-3-7-18(15)19/h2-12,21H,13-14H2,1H3/t21-/m1/s1. The Kier molecular flexibility index (Phi) is 5.14. The Morgan fingerprint density at radius 2 is 1.93 bits per heavy atom. The summed E-state index contributed by atoms with van der Waals surface area (Å²) in [7, 11) is 1.61. The number of carbonyl (C=O) groups excluding carboxylic acids is 1. The van der Waals surface area contributed by atoms with E-state index in [-0.39, 0.29) is 18.5 Å². The molecule has 4 rings (SSSR count). The Labute approximate surface area is 167 Å². The number of amides is 1. The van der Waals surface area contributed by atoms with Crippen molar-refractivity contribution in [1.29, 1.82) is 0 Å². The number of carbonyl (C=O) groups is 1. The summed E-state index contributed by atoms with van der Waals surface area (Å²) in [4.78, 5) is 15.4. The number of hydrazone groups is 1. The molecule has 0 aromatic heterocycles. The number of methoxy groups -OCH3 is 1. The molecule has 7 nitrogen and oxygen atoms in total. The lowest BCUT2D eigenvalue weighted by Gasteiger charge is -2.21. The van der Waals surface area contributed by atoms with Gasteiger partial charge in [-0.15, -0.1) is 0 Å². The predicted molar refractivity (Wildman–Crippen MR) is 112 cm³/mol. The van der Waals surface area contributed by atoms with Gasteiger partial charge in [-0.05, 0) is 34.0 Å². The molecular formula is C22H19N5O2. The summed E-state index contributed by atoms with van der Waals surface area (Å²) in [5.41, 5.74) is 11.4. The third kappa shape index (κ3) is 3.63. The van der Waals surface area contributed by atoms with Crippen molar-refractivity contribution < 1.29 is 9.53 Å². The van der Waals surface area contributed by atoms with E-state index in [1.165, 1.54) is 5.01 Å². The number of nitrogens with zero attached hydrogens (tertiary/aromatic N) is 5. The third-order valence-electron chi connectivity index (χ3n) is 5.04. The molecule has 3 aromatic rings. The smallest absolute Gasteiger partial charge is 0.249 e. The largest absolute Gasteiger partial charge is 0.497 e. The molecule has 0 saturated heterocycles. The second-order valence-electron chi connectivity index (χ2n) is 6.69. The normalized spacial score (nSPS) is 15.7. The van der Waals surface area contributed by atoms with Crippen molar-refractivity contribution in [3.63, 3.8) is 0 Å². The van der Waals surface area contributed by atoms with E-state index in [0.717, 1.165) is 33.4 Å². The Morgan fingerprint density at radius 3 is 2.69 bits per heavy atom. The van der Waals surface area contributed by atoms with E-state index in [0.29, 0.717) is 6.42 Å². The Bertz CT molecular complexity index is 1130. The van der Waals surface area contributed by atoms with E-state index < -0.39 is 0 Å². The van der Waals surface area contributed by atoms with Gasteiger partial charge in [0.25, 0.3) is 0 Å². The van der Waals surface area contributed by atoms with Crippen LogP contribution < -0.4 is 4.74 Å². The van der Waals surface area contributed by atoms with Crippen LogP contribution in [0, 0.1) is 0 Å². The number of fused-ring (bicyclic) bond motifs is 1. The first-order valence-electron chi connectivity index (χ1n) is 9.23. The van der Waals surface area contributed by atoms with Crippen LogP contribution in [0.4, 0.5) is 0 Å². The average Bonchev–Trinajstić information content (AvgIpc) is 3.22. The number of hydrogen-bond acceptors (Lipinski definition) is 4. The van der Waals surface area contributed by atoms with Gasteiger partial charge in [0.1, 0.15) is 12.3 Å². The molecule has 3 aromatic carbocycles. The van der Waals surface area contributed by atoms with Crippen LogP contribution in [0.2, 0.25) is 0 Å². The summed E-state index contributed by atoms with van der Waals surface area (Å²) < 4.78 is 5.23. The van der Waals surface area contributed by atoms with E-state index in [4.69, 9.17) is 10.3 Å². The fraction of sp³-hybridized carbons (Fsp3) is 0.182. The first kappa shape index (κ1) is 18.5. The first-order chi connectivity index (χ1) is 14.2. The molecule has 0 aliphatic carbocycles. The van der Waals surface area contributed by atoms with Crippen molar-refractivity contribution in [2.45, 2.75) is 12.5 Å². The maximum absolute atomic E-state index is 12.7. The topological polar surface area (TPSA) is 90.7 Å². The second-order valence-corrected chi connectivity index (χ2v) is 6.69. The van der Waals surface area contributed by atoms with Crippen molar-refractivity contribution in [1.82, 2.24) is 5.01 Å². The number of hydrogen-bond donors (Lipinski definition) is 0. The molecule has 1 aliphatic heterocycles. The van der Waals surface area contributed by atoms with E-state index in [1.807, 2.05) is 48.5 Å². The maximum Gasteiger partial charge on any atom is 0.249 e. The zero-order valence-electron chi connectivity index (χ0n) is 15.9. The highest BCUT2D eigenvalue weighted by Crippen LogP contribution is 2.35. The summed E-state index contributed by atoms with van der Waals surface area (Å²) in [6.45, 7) is -0.268. The van der Waals surface area contributed by atoms with E-state index in [1.54, 1.807) is 7.11 Å². The third-order valence-corrected chi connectivity index (χ3v) is 5.04. The molecule has 0 radical (unpaired) electrons. The molecule has 0 fully saturated rings. The zero-order valence-corrected chi connectivity index (χ0v) is 15.9. The first-order valence-corrected chi connectivity index (χ1v) is 9.23. The highest BCUT2D eigenvalue weighted by atomic mass is 16.5. The van der Waals surface area contributed by atoms with Crippen molar-refractivity contribution in [2.24, 2.45) is 10.2 Å². The van der Waals surface area contributed by atoms with Gasteiger partial charge >= 0.3 is 0 Å². The van der Waals surface area contributed by atoms with Gasteiger partial charge in [0.2, 0.25) is 5.91 Å². The lowest BCUT2D eigenvalue weighted by Crippen LogP contribution is -2.28. The molecule has 1 aliphatic rings. The Balaban J connectivity index is 1.75. The lowest BCUT2D eigenvalue weighted by atomic mass is 9.95. The van der Waals surface area contributed by atoms with Gasteiger partial charge in [-0.3, -0.25) is 4.79 Å². The fourth-order valence-corrected chi connectivity index (χ4v) is 3.63. The van der Waals surface area contributed by atoms with Crippen LogP contribution in [0.25, 0.3) is 21.2 Å². The molecule has 144 valence electrons. The monoisotopic (exact) mass is 385 g/mol. The highest BCUT2D eigenvalue weighted by Gasteiger charge is 2.33. The van der Waals surface area contributed by atoms with Gasteiger partial charge in [0.15, 0.2) is 0 Å². The van der Waals surface area contributed by atoms with Gasteiger partial charge < -0.3 is 4.74 Å². The molecule has 29 heavy (non-hydrogen) atoms. The molecule has 0 unspecified atom stereocenters. The minimum Gasteiger partial charge on any atom is -0.497 e. The van der Waals surface area contributed by atoms with Crippen LogP contribution in [0.1, 0.15) is 23.6 Å². The predicted octanol–water partition coefficient (Wildman–Crippen LogP) is 4.84. The van der Waals surface area contributed by atoms with Gasteiger partial charge in [0, 0.05) is 16.9 Å². The SMILES string of the molecule is COc1ccc([C@H]2CC(c3cccc4ccccc34)=NN2C(=O)CN=[N+]=[N-])cc1.